The molecule has 74 valence electrons. The van der Waals surface area contributed by atoms with E-state index in [2.05, 4.69) is 13.8 Å². The molecule has 2 nitrogen and oxygen atoms in total. The quantitative estimate of drug-likeness (QED) is 0.719. The minimum Gasteiger partial charge on any atom is -0.378 e. The molecule has 0 aliphatic carbocycles. The molecular weight excluding hydrogens is 173 g/mol. The maximum atomic E-state index is 11.3. The third-order valence-corrected chi connectivity index (χ3v) is 2.25. The monoisotopic (exact) mass is 189 g/mol. The van der Waals surface area contributed by atoms with Gasteiger partial charge in [-0.25, -0.2) is 0 Å². The third kappa shape index (κ3) is 2.91. The Balaban J connectivity index is 2.84. The van der Waals surface area contributed by atoms with E-state index in [1.54, 1.807) is 0 Å². The predicted molar refractivity (Wildman–Crippen MR) is 61.1 cm³/mol. The lowest BCUT2D eigenvalue weighted by molar-refractivity contribution is 0.265. The zero-order valence-electron chi connectivity index (χ0n) is 8.73. The zero-order valence-corrected chi connectivity index (χ0v) is 8.73. The summed E-state index contributed by atoms with van der Waals surface area (Å²) in [5.41, 5.74) is 6.40. The van der Waals surface area contributed by atoms with Gasteiger partial charge >= 0.3 is 0 Å². The molecule has 0 atom stereocenters. The first-order valence-corrected chi connectivity index (χ1v) is 4.95. The van der Waals surface area contributed by atoms with Gasteiger partial charge in [-0.3, -0.25) is 4.79 Å². The average Bonchev–Trinajstić information content (AvgIpc) is 2.15. The van der Waals surface area contributed by atoms with Gasteiger partial charge in [0.25, 0.3) is 6.71 Å². The Hall–Kier alpha value is -1.25. The highest BCUT2D eigenvalue weighted by Crippen LogP contribution is 2.06. The molecule has 0 heterocycles. The van der Waals surface area contributed by atoms with Crippen LogP contribution in [0.25, 0.3) is 0 Å². The fraction of sp³-hybridized carbons (Fsp3) is 0.364. The smallest absolute Gasteiger partial charge is 0.284 e. The van der Waals surface area contributed by atoms with E-state index < -0.39 is 0 Å². The number of benzene rings is 1. The number of nitrogens with two attached hydrogens (primary N) is 1. The summed E-state index contributed by atoms with van der Waals surface area (Å²) in [6, 6.07) is 9.73. The molecule has 1 aromatic rings. The van der Waals surface area contributed by atoms with E-state index >= 15 is 0 Å². The molecule has 0 radical (unpaired) electrons. The summed E-state index contributed by atoms with van der Waals surface area (Å²) in [6.45, 7) is 4.05. The number of hydrogen-bond donors (Lipinski definition) is 1. The Bertz CT molecular complexity index is 297. The van der Waals surface area contributed by atoms with Crippen LogP contribution < -0.4 is 11.2 Å². The van der Waals surface area contributed by atoms with Gasteiger partial charge in [0.05, 0.1) is 0 Å². The van der Waals surface area contributed by atoms with Crippen molar-refractivity contribution in [2.45, 2.75) is 20.2 Å². The van der Waals surface area contributed by atoms with Crippen molar-refractivity contribution in [1.29, 1.82) is 0 Å². The van der Waals surface area contributed by atoms with E-state index in [-0.39, 0.29) is 12.5 Å². The van der Waals surface area contributed by atoms with E-state index in [1.807, 2.05) is 30.3 Å². The molecule has 0 aliphatic heterocycles. The first-order chi connectivity index (χ1) is 6.61. The first-order valence-electron chi connectivity index (χ1n) is 4.95. The third-order valence-electron chi connectivity index (χ3n) is 2.25. The number of hydrogen-bond acceptors (Lipinski definition) is 1. The predicted octanol–water partition coefficient (Wildman–Crippen LogP) is 1.70. The van der Waals surface area contributed by atoms with Gasteiger partial charge in [0.1, 0.15) is 0 Å². The van der Waals surface area contributed by atoms with Gasteiger partial charge in [-0.2, -0.15) is 0 Å². The van der Waals surface area contributed by atoms with Gasteiger partial charge in [0.15, 0.2) is 5.81 Å². The second-order valence-corrected chi connectivity index (χ2v) is 4.00. The fourth-order valence-corrected chi connectivity index (χ4v) is 1.57. The van der Waals surface area contributed by atoms with Crippen molar-refractivity contribution in [3.63, 3.8) is 0 Å². The molecule has 0 spiro atoms. The van der Waals surface area contributed by atoms with Crippen LogP contribution in [0, 0.1) is 5.92 Å². The molecular formula is C11H16BNO. The molecule has 0 bridgehead atoms. The van der Waals surface area contributed by atoms with Gasteiger partial charge in [0, 0.05) is 0 Å². The maximum absolute atomic E-state index is 11.3. The highest BCUT2D eigenvalue weighted by molar-refractivity contribution is 6.99. The summed E-state index contributed by atoms with van der Waals surface area (Å²) in [5, 5.41) is 0. The van der Waals surface area contributed by atoms with Crippen molar-refractivity contribution >= 4 is 18.0 Å². The Morgan fingerprint density at radius 3 is 2.36 bits per heavy atom. The topological polar surface area (TPSA) is 43.1 Å². The molecule has 1 amide bonds. The van der Waals surface area contributed by atoms with Crippen LogP contribution in [0.1, 0.15) is 13.8 Å². The maximum Gasteiger partial charge on any atom is 0.284 e. The molecule has 1 aromatic carbocycles. The van der Waals surface area contributed by atoms with Gasteiger partial charge in [0.2, 0.25) is 0 Å². The second-order valence-electron chi connectivity index (χ2n) is 4.00. The number of primary amides is 1. The zero-order chi connectivity index (χ0) is 10.6. The summed E-state index contributed by atoms with van der Waals surface area (Å²) in [7, 11) is 0. The van der Waals surface area contributed by atoms with Crippen molar-refractivity contribution in [1.82, 2.24) is 0 Å². The van der Waals surface area contributed by atoms with Gasteiger partial charge in [-0.1, -0.05) is 61.9 Å². The Labute approximate surface area is 85.6 Å². The second kappa shape index (κ2) is 4.84. The van der Waals surface area contributed by atoms with E-state index in [1.165, 1.54) is 0 Å². The number of carbonyl (C=O) groups excluding carboxylic acids is 1. The van der Waals surface area contributed by atoms with Crippen molar-refractivity contribution in [2.75, 3.05) is 0 Å². The Kier molecular flexibility index (Phi) is 3.75. The van der Waals surface area contributed by atoms with E-state index in [0.29, 0.717) is 5.92 Å². The normalized spacial score (nSPS) is 10.2. The minimum atomic E-state index is -0.232. The van der Waals surface area contributed by atoms with Crippen molar-refractivity contribution < 1.29 is 4.79 Å². The first kappa shape index (κ1) is 10.8. The van der Waals surface area contributed by atoms with Crippen LogP contribution in [-0.2, 0) is 0 Å². The van der Waals surface area contributed by atoms with E-state index in [0.717, 1.165) is 11.8 Å². The summed E-state index contributed by atoms with van der Waals surface area (Å²) >= 11 is 0. The lowest BCUT2D eigenvalue weighted by Gasteiger charge is -2.12. The van der Waals surface area contributed by atoms with Gasteiger partial charge in [-0.15, -0.1) is 0 Å². The highest BCUT2D eigenvalue weighted by atomic mass is 16.1. The van der Waals surface area contributed by atoms with Gasteiger partial charge < -0.3 is 5.73 Å². The summed E-state index contributed by atoms with van der Waals surface area (Å²) in [4.78, 5) is 11.3. The lowest BCUT2D eigenvalue weighted by atomic mass is 9.40. The fourth-order valence-electron chi connectivity index (χ4n) is 1.57. The number of amides is 1. The highest BCUT2D eigenvalue weighted by Gasteiger charge is 2.23. The summed E-state index contributed by atoms with van der Waals surface area (Å²) < 4.78 is 0. The van der Waals surface area contributed by atoms with Crippen LogP contribution in [0.5, 0.6) is 0 Å². The molecule has 1 rings (SSSR count). The molecule has 2 N–H and O–H groups in total. The summed E-state index contributed by atoms with van der Waals surface area (Å²) in [6.07, 6.45) is 0.819. The molecule has 0 saturated heterocycles. The minimum absolute atomic E-state index is 0.142. The van der Waals surface area contributed by atoms with Crippen molar-refractivity contribution in [3.8, 4) is 0 Å². The van der Waals surface area contributed by atoms with Gasteiger partial charge in [-0.05, 0) is 0 Å². The lowest BCUT2D eigenvalue weighted by Crippen LogP contribution is -2.43. The van der Waals surface area contributed by atoms with Crippen LogP contribution in [0.15, 0.2) is 30.3 Å². The van der Waals surface area contributed by atoms with Crippen molar-refractivity contribution in [2.24, 2.45) is 11.7 Å². The molecule has 0 unspecified atom stereocenters. The van der Waals surface area contributed by atoms with Crippen LogP contribution in [0.2, 0.25) is 6.32 Å². The Morgan fingerprint density at radius 2 is 1.93 bits per heavy atom. The average molecular weight is 189 g/mol. The molecule has 0 fully saturated rings. The molecule has 14 heavy (non-hydrogen) atoms. The van der Waals surface area contributed by atoms with E-state index in [4.69, 9.17) is 5.73 Å². The van der Waals surface area contributed by atoms with Crippen LogP contribution in [0.4, 0.5) is 4.79 Å². The van der Waals surface area contributed by atoms with Crippen LogP contribution in [-0.4, -0.2) is 12.5 Å². The Morgan fingerprint density at radius 1 is 1.36 bits per heavy atom. The standard InChI is InChI=1S/C11H16BNO/c1-9(2)8-12(11(13)14)10-6-4-3-5-7-10/h3-7,9H,8H2,1-2H3,(H2,13,14). The molecule has 0 aromatic heterocycles. The van der Waals surface area contributed by atoms with Crippen LogP contribution in [0.3, 0.4) is 0 Å². The molecule has 3 heteroatoms. The van der Waals surface area contributed by atoms with Crippen molar-refractivity contribution in [3.05, 3.63) is 30.3 Å². The van der Waals surface area contributed by atoms with Crippen LogP contribution >= 0.6 is 0 Å². The largest absolute Gasteiger partial charge is 0.378 e. The number of carbonyl (C=O) groups is 1. The SMILES string of the molecule is CC(C)CB(C(N)=O)c1ccccc1. The molecule has 0 aliphatic rings. The molecule has 0 saturated carbocycles. The number of rotatable bonds is 4. The van der Waals surface area contributed by atoms with E-state index in [9.17, 15) is 4.79 Å². The summed E-state index contributed by atoms with van der Waals surface area (Å²) in [5.74, 6) is 0.248.